The van der Waals surface area contributed by atoms with Crippen LogP contribution in [0.15, 0.2) is 54.6 Å². The van der Waals surface area contributed by atoms with E-state index in [1.807, 2.05) is 42.5 Å². The van der Waals surface area contributed by atoms with Crippen LogP contribution in [0.3, 0.4) is 0 Å². The number of hydrogen-bond donors (Lipinski definition) is 5. The van der Waals surface area contributed by atoms with E-state index in [1.165, 1.54) is 12.5 Å². The SMILES string of the molecule is CNC(=O)CNC(=O)[C@H](Cc1ccc(-c2ccccc2)cc1)C(O)C(=O)NO. The molecule has 0 aliphatic heterocycles. The number of benzene rings is 2. The van der Waals surface area contributed by atoms with E-state index in [-0.39, 0.29) is 13.0 Å². The van der Waals surface area contributed by atoms with Gasteiger partial charge in [-0.05, 0) is 23.1 Å². The second-order valence-corrected chi connectivity index (χ2v) is 6.19. The van der Waals surface area contributed by atoms with Crippen molar-refractivity contribution in [3.63, 3.8) is 0 Å². The number of aliphatic hydroxyl groups excluding tert-OH is 1. The molecule has 0 aromatic heterocycles. The summed E-state index contributed by atoms with van der Waals surface area (Å²) >= 11 is 0. The molecule has 2 aromatic carbocycles. The maximum absolute atomic E-state index is 12.4. The Balaban J connectivity index is 2.15. The molecule has 0 heterocycles. The highest BCUT2D eigenvalue weighted by atomic mass is 16.5. The fraction of sp³-hybridized carbons (Fsp3) is 0.250. The van der Waals surface area contributed by atoms with Crippen molar-refractivity contribution in [3.05, 3.63) is 60.2 Å². The molecule has 1 unspecified atom stereocenters. The predicted molar refractivity (Wildman–Crippen MR) is 102 cm³/mol. The molecule has 28 heavy (non-hydrogen) atoms. The van der Waals surface area contributed by atoms with Gasteiger partial charge in [-0.25, -0.2) is 5.48 Å². The third-order valence-corrected chi connectivity index (χ3v) is 4.32. The Bertz CT molecular complexity index is 808. The zero-order valence-electron chi connectivity index (χ0n) is 15.4. The molecule has 2 atom stereocenters. The fourth-order valence-electron chi connectivity index (χ4n) is 2.70. The summed E-state index contributed by atoms with van der Waals surface area (Å²) in [4.78, 5) is 35.3. The molecule has 0 fully saturated rings. The van der Waals surface area contributed by atoms with Gasteiger partial charge in [-0.2, -0.15) is 0 Å². The molecule has 8 heteroatoms. The van der Waals surface area contributed by atoms with Crippen LogP contribution in [0, 0.1) is 5.92 Å². The molecule has 0 aliphatic carbocycles. The van der Waals surface area contributed by atoms with Crippen LogP contribution in [-0.4, -0.2) is 47.7 Å². The molecule has 8 nitrogen and oxygen atoms in total. The molecular formula is C20H23N3O5. The first-order chi connectivity index (χ1) is 13.5. The number of rotatable bonds is 8. The summed E-state index contributed by atoms with van der Waals surface area (Å²) in [5, 5.41) is 23.6. The molecule has 148 valence electrons. The van der Waals surface area contributed by atoms with Crippen molar-refractivity contribution in [1.82, 2.24) is 16.1 Å². The van der Waals surface area contributed by atoms with Crippen molar-refractivity contribution in [2.24, 2.45) is 5.92 Å². The topological polar surface area (TPSA) is 128 Å². The van der Waals surface area contributed by atoms with Crippen LogP contribution in [0.1, 0.15) is 5.56 Å². The first kappa shape index (κ1) is 21.1. The van der Waals surface area contributed by atoms with E-state index in [9.17, 15) is 19.5 Å². The maximum atomic E-state index is 12.4. The van der Waals surface area contributed by atoms with Crippen LogP contribution in [-0.2, 0) is 20.8 Å². The highest BCUT2D eigenvalue weighted by molar-refractivity contribution is 5.91. The summed E-state index contributed by atoms with van der Waals surface area (Å²) in [6, 6.07) is 17.1. The van der Waals surface area contributed by atoms with Gasteiger partial charge in [-0.1, -0.05) is 54.6 Å². The Morgan fingerprint density at radius 2 is 1.54 bits per heavy atom. The Labute approximate surface area is 162 Å². The molecule has 0 saturated heterocycles. The van der Waals surface area contributed by atoms with Gasteiger partial charge in [-0.3, -0.25) is 19.6 Å². The number of aliphatic hydroxyl groups is 1. The van der Waals surface area contributed by atoms with Crippen molar-refractivity contribution in [2.75, 3.05) is 13.6 Å². The summed E-state index contributed by atoms with van der Waals surface area (Å²) in [6.07, 6.45) is -1.73. The number of carbonyl (C=O) groups is 3. The zero-order chi connectivity index (χ0) is 20.5. The second-order valence-electron chi connectivity index (χ2n) is 6.19. The van der Waals surface area contributed by atoms with E-state index < -0.39 is 29.7 Å². The van der Waals surface area contributed by atoms with Gasteiger partial charge < -0.3 is 15.7 Å². The summed E-state index contributed by atoms with van der Waals surface area (Å²) in [6.45, 7) is -0.285. The maximum Gasteiger partial charge on any atom is 0.272 e. The minimum Gasteiger partial charge on any atom is -0.382 e. The van der Waals surface area contributed by atoms with Crippen LogP contribution in [0.25, 0.3) is 11.1 Å². The van der Waals surface area contributed by atoms with E-state index in [4.69, 9.17) is 5.21 Å². The number of likely N-dealkylation sites (N-methyl/N-ethyl adjacent to an activating group) is 1. The summed E-state index contributed by atoms with van der Waals surface area (Å²) in [5.74, 6) is -3.37. The van der Waals surface area contributed by atoms with E-state index in [0.29, 0.717) is 5.56 Å². The molecule has 2 aromatic rings. The van der Waals surface area contributed by atoms with Gasteiger partial charge in [0.25, 0.3) is 5.91 Å². The van der Waals surface area contributed by atoms with E-state index in [1.54, 1.807) is 12.1 Å². The second kappa shape index (κ2) is 10.2. The minimum absolute atomic E-state index is 0.0449. The van der Waals surface area contributed by atoms with Crippen LogP contribution in [0.5, 0.6) is 0 Å². The molecule has 2 rings (SSSR count). The van der Waals surface area contributed by atoms with E-state index in [0.717, 1.165) is 11.1 Å². The van der Waals surface area contributed by atoms with Crippen molar-refractivity contribution in [2.45, 2.75) is 12.5 Å². The van der Waals surface area contributed by atoms with Gasteiger partial charge in [0.2, 0.25) is 11.8 Å². The molecule has 0 radical (unpaired) electrons. The fourth-order valence-corrected chi connectivity index (χ4v) is 2.70. The average Bonchev–Trinajstić information content (AvgIpc) is 2.75. The molecule has 3 amide bonds. The van der Waals surface area contributed by atoms with Crippen LogP contribution in [0.2, 0.25) is 0 Å². The van der Waals surface area contributed by atoms with Crippen LogP contribution in [0.4, 0.5) is 0 Å². The summed E-state index contributed by atoms with van der Waals surface area (Å²) < 4.78 is 0. The van der Waals surface area contributed by atoms with Gasteiger partial charge >= 0.3 is 0 Å². The molecule has 0 spiro atoms. The molecule has 0 bridgehead atoms. The lowest BCUT2D eigenvalue weighted by Crippen LogP contribution is -2.47. The van der Waals surface area contributed by atoms with Gasteiger partial charge in [0.1, 0.15) is 6.10 Å². The van der Waals surface area contributed by atoms with Crippen molar-refractivity contribution < 1.29 is 24.7 Å². The van der Waals surface area contributed by atoms with E-state index in [2.05, 4.69) is 10.6 Å². The summed E-state index contributed by atoms with van der Waals surface area (Å²) in [7, 11) is 1.42. The first-order valence-corrected chi connectivity index (χ1v) is 8.71. The lowest BCUT2D eigenvalue weighted by Gasteiger charge is -2.21. The van der Waals surface area contributed by atoms with Gasteiger partial charge in [-0.15, -0.1) is 0 Å². The standard InChI is InChI=1S/C20H23N3O5/c1-21-17(24)12-22-19(26)16(18(25)20(27)23-28)11-13-7-9-15(10-8-13)14-5-3-2-4-6-14/h2-10,16,18,25,28H,11-12H2,1H3,(H,21,24)(H,22,26)(H,23,27)/t16-,18?/m1/s1. The van der Waals surface area contributed by atoms with Crippen molar-refractivity contribution >= 4 is 17.7 Å². The van der Waals surface area contributed by atoms with Crippen molar-refractivity contribution in [1.29, 1.82) is 0 Å². The molecule has 0 saturated carbocycles. The molecule has 5 N–H and O–H groups in total. The third kappa shape index (κ3) is 5.63. The van der Waals surface area contributed by atoms with Gasteiger partial charge in [0.15, 0.2) is 0 Å². The zero-order valence-corrected chi connectivity index (χ0v) is 15.4. The predicted octanol–water partition coefficient (Wildman–Crippen LogP) is 0.241. The Kier molecular flexibility index (Phi) is 7.67. The summed E-state index contributed by atoms with van der Waals surface area (Å²) in [5.41, 5.74) is 4.08. The quantitative estimate of drug-likeness (QED) is 0.329. The first-order valence-electron chi connectivity index (χ1n) is 8.71. The van der Waals surface area contributed by atoms with Crippen LogP contribution >= 0.6 is 0 Å². The lowest BCUT2D eigenvalue weighted by molar-refractivity contribution is -0.146. The number of amides is 3. The normalized spacial score (nSPS) is 12.5. The average molecular weight is 385 g/mol. The number of hydrogen-bond acceptors (Lipinski definition) is 5. The monoisotopic (exact) mass is 385 g/mol. The van der Waals surface area contributed by atoms with Gasteiger partial charge in [0, 0.05) is 7.05 Å². The van der Waals surface area contributed by atoms with Gasteiger partial charge in [0.05, 0.1) is 12.5 Å². The molecular weight excluding hydrogens is 362 g/mol. The van der Waals surface area contributed by atoms with Crippen molar-refractivity contribution in [3.8, 4) is 11.1 Å². The third-order valence-electron chi connectivity index (χ3n) is 4.32. The number of nitrogens with one attached hydrogen (secondary N) is 3. The van der Waals surface area contributed by atoms with Crippen LogP contribution < -0.4 is 16.1 Å². The highest BCUT2D eigenvalue weighted by Gasteiger charge is 2.32. The minimum atomic E-state index is -1.77. The highest BCUT2D eigenvalue weighted by Crippen LogP contribution is 2.21. The lowest BCUT2D eigenvalue weighted by atomic mass is 9.91. The Morgan fingerprint density at radius 3 is 2.11 bits per heavy atom. The smallest absolute Gasteiger partial charge is 0.272 e. The van der Waals surface area contributed by atoms with E-state index >= 15 is 0 Å². The molecule has 0 aliphatic rings. The number of carbonyl (C=O) groups excluding carboxylic acids is 3. The Morgan fingerprint density at radius 1 is 0.929 bits per heavy atom. The largest absolute Gasteiger partial charge is 0.382 e. The Hall–Kier alpha value is -3.23. The number of hydroxylamine groups is 1.